The van der Waals surface area contributed by atoms with E-state index in [1.807, 2.05) is 45.1 Å². The van der Waals surface area contributed by atoms with Crippen LogP contribution in [0.4, 0.5) is 0 Å². The Morgan fingerprint density at radius 1 is 1.00 bits per heavy atom. The first-order chi connectivity index (χ1) is 14.8. The topological polar surface area (TPSA) is 37.4 Å². The van der Waals surface area contributed by atoms with Gasteiger partial charge in [0, 0.05) is 46.2 Å². The summed E-state index contributed by atoms with van der Waals surface area (Å²) in [6.45, 7) is 16.8. The van der Waals surface area contributed by atoms with Crippen LogP contribution in [-0.2, 0) is 16.6 Å². The van der Waals surface area contributed by atoms with Crippen LogP contribution in [-0.4, -0.2) is 30.7 Å². The second-order valence-corrected chi connectivity index (χ2v) is 11.6. The quantitative estimate of drug-likeness (QED) is 0.431. The lowest BCUT2D eigenvalue weighted by molar-refractivity contribution is -0.129. The first-order valence-corrected chi connectivity index (χ1v) is 12.6. The number of aryl methyl sites for hydroxylation is 2. The molecule has 0 aliphatic rings. The average molecular weight is 456 g/mol. The number of benzene rings is 1. The van der Waals surface area contributed by atoms with E-state index >= 15 is 0 Å². The maximum atomic E-state index is 12.8. The molecule has 0 bridgehead atoms. The Morgan fingerprint density at radius 2 is 1.59 bits per heavy atom. The van der Waals surface area contributed by atoms with Crippen LogP contribution in [0.2, 0.25) is 0 Å². The van der Waals surface area contributed by atoms with Gasteiger partial charge < -0.3 is 4.90 Å². The van der Waals surface area contributed by atoms with E-state index in [-0.39, 0.29) is 22.7 Å². The van der Waals surface area contributed by atoms with Gasteiger partial charge in [-0.05, 0) is 61.9 Å². The summed E-state index contributed by atoms with van der Waals surface area (Å²) in [6.07, 6.45) is 2.77. The van der Waals surface area contributed by atoms with Gasteiger partial charge in [-0.1, -0.05) is 53.7 Å². The zero-order valence-corrected chi connectivity index (χ0v) is 22.5. The Balaban J connectivity index is 2.47. The van der Waals surface area contributed by atoms with Gasteiger partial charge in [0.05, 0.1) is 0 Å². The van der Waals surface area contributed by atoms with Crippen molar-refractivity contribution in [2.24, 2.45) is 11.3 Å². The summed E-state index contributed by atoms with van der Waals surface area (Å²) in [7, 11) is 3.58. The molecule has 0 saturated carbocycles. The second kappa shape index (κ2) is 9.91. The van der Waals surface area contributed by atoms with Crippen molar-refractivity contribution in [3.8, 4) is 0 Å². The zero-order valence-electron chi connectivity index (χ0n) is 21.7. The number of carbonyl (C=O) groups is 2. The molecule has 1 aromatic carbocycles. The van der Waals surface area contributed by atoms with Crippen LogP contribution in [0.15, 0.2) is 24.3 Å². The lowest BCUT2D eigenvalue weighted by Gasteiger charge is -2.32. The molecule has 0 aliphatic carbocycles. The minimum Gasteiger partial charge on any atom is -0.345 e. The highest BCUT2D eigenvalue weighted by Gasteiger charge is 2.34. The molecule has 1 unspecified atom stereocenters. The summed E-state index contributed by atoms with van der Waals surface area (Å²) in [5.41, 5.74) is 3.92. The zero-order chi connectivity index (χ0) is 24.4. The highest BCUT2D eigenvalue weighted by Crippen LogP contribution is 2.44. The largest absolute Gasteiger partial charge is 0.345 e. The van der Waals surface area contributed by atoms with Crippen LogP contribution in [0, 0.1) is 25.2 Å². The smallest absolute Gasteiger partial charge is 0.253 e. The molecule has 2 aromatic rings. The van der Waals surface area contributed by atoms with Crippen LogP contribution in [0.5, 0.6) is 0 Å². The van der Waals surface area contributed by atoms with Crippen molar-refractivity contribution in [3.63, 3.8) is 0 Å². The van der Waals surface area contributed by atoms with Crippen molar-refractivity contribution in [1.82, 2.24) is 4.90 Å². The van der Waals surface area contributed by atoms with Crippen molar-refractivity contribution >= 4 is 23.0 Å². The molecule has 176 valence electrons. The van der Waals surface area contributed by atoms with Crippen LogP contribution in [0.25, 0.3) is 0 Å². The van der Waals surface area contributed by atoms with Gasteiger partial charge in [0.2, 0.25) is 0 Å². The SMILES string of the molecule is CCC(CC)(c1ccc(C(=O)N(C)C)c(C)c1)c1cc(C)c(CC(C)C(=O)C(C)(C)C)s1. The number of thiophene rings is 1. The Hall–Kier alpha value is -1.94. The number of nitrogens with zero attached hydrogens (tertiary/aromatic N) is 1. The highest BCUT2D eigenvalue weighted by atomic mass is 32.1. The van der Waals surface area contributed by atoms with E-state index in [0.717, 1.165) is 30.4 Å². The van der Waals surface area contributed by atoms with Gasteiger partial charge in [-0.25, -0.2) is 0 Å². The highest BCUT2D eigenvalue weighted by molar-refractivity contribution is 7.12. The minimum atomic E-state index is -0.312. The number of hydrogen-bond donors (Lipinski definition) is 0. The number of carbonyl (C=O) groups excluding carboxylic acids is 2. The third-order valence-corrected chi connectivity index (χ3v) is 8.26. The Labute approximate surface area is 199 Å². The normalized spacial score (nSPS) is 13.2. The fraction of sp³-hybridized carbons (Fsp3) is 0.571. The van der Waals surface area contributed by atoms with E-state index in [9.17, 15) is 9.59 Å². The minimum absolute atomic E-state index is 0.0106. The van der Waals surface area contributed by atoms with Gasteiger partial charge in [0.15, 0.2) is 0 Å². The third-order valence-electron chi connectivity index (χ3n) is 6.79. The molecule has 3 nitrogen and oxygen atoms in total. The Bertz CT molecular complexity index is 974. The Morgan fingerprint density at radius 3 is 2.06 bits per heavy atom. The predicted octanol–water partition coefficient (Wildman–Crippen LogP) is 6.97. The molecule has 2 rings (SSSR count). The Kier molecular flexibility index (Phi) is 8.15. The van der Waals surface area contributed by atoms with Gasteiger partial charge in [-0.3, -0.25) is 9.59 Å². The van der Waals surface area contributed by atoms with Crippen molar-refractivity contribution < 1.29 is 9.59 Å². The summed E-state index contributed by atoms with van der Waals surface area (Å²) in [5, 5.41) is 0. The maximum Gasteiger partial charge on any atom is 0.253 e. The monoisotopic (exact) mass is 455 g/mol. The van der Waals surface area contributed by atoms with Crippen LogP contribution >= 0.6 is 11.3 Å². The summed E-state index contributed by atoms with van der Waals surface area (Å²) in [6, 6.07) is 8.65. The number of rotatable bonds is 8. The van der Waals surface area contributed by atoms with E-state index in [2.05, 4.69) is 45.9 Å². The second-order valence-electron chi connectivity index (χ2n) is 10.5. The number of hydrogen-bond acceptors (Lipinski definition) is 3. The lowest BCUT2D eigenvalue weighted by atomic mass is 9.73. The molecule has 0 aliphatic heterocycles. The molecule has 32 heavy (non-hydrogen) atoms. The van der Waals surface area contributed by atoms with Gasteiger partial charge in [-0.15, -0.1) is 11.3 Å². The molecule has 0 spiro atoms. The third kappa shape index (κ3) is 5.17. The van der Waals surface area contributed by atoms with Gasteiger partial charge in [0.1, 0.15) is 5.78 Å². The maximum absolute atomic E-state index is 12.8. The molecule has 1 heterocycles. The van der Waals surface area contributed by atoms with Crippen molar-refractivity contribution in [2.45, 2.75) is 80.1 Å². The van der Waals surface area contributed by atoms with Crippen LogP contribution in [0.3, 0.4) is 0 Å². The van der Waals surface area contributed by atoms with Gasteiger partial charge >= 0.3 is 0 Å². The van der Waals surface area contributed by atoms with E-state index < -0.39 is 0 Å². The molecule has 1 atom stereocenters. The van der Waals surface area contributed by atoms with Crippen molar-refractivity contribution in [3.05, 3.63) is 56.3 Å². The molecular weight excluding hydrogens is 414 g/mol. The van der Waals surface area contributed by atoms with Crippen LogP contribution in [0.1, 0.15) is 91.2 Å². The molecule has 1 amide bonds. The van der Waals surface area contributed by atoms with Gasteiger partial charge in [0.25, 0.3) is 5.91 Å². The fourth-order valence-corrected chi connectivity index (χ4v) is 6.32. The summed E-state index contributed by atoms with van der Waals surface area (Å²) in [4.78, 5) is 29.6. The standard InChI is InChI=1S/C28H41NO2S/c1-11-28(12-2,21-13-14-22(18(3)15-21)26(31)29(9)10)24-17-19(4)23(32-24)16-20(5)25(30)27(6,7)8/h13-15,17,20H,11-12,16H2,1-10H3. The summed E-state index contributed by atoms with van der Waals surface area (Å²) < 4.78 is 0. The summed E-state index contributed by atoms with van der Waals surface area (Å²) >= 11 is 1.86. The fourth-order valence-electron chi connectivity index (χ4n) is 4.66. The van der Waals surface area contributed by atoms with Crippen molar-refractivity contribution in [2.75, 3.05) is 14.1 Å². The number of amides is 1. The average Bonchev–Trinajstić information content (AvgIpc) is 3.08. The first kappa shape index (κ1) is 26.3. The van der Waals surface area contributed by atoms with Crippen LogP contribution < -0.4 is 0 Å². The molecule has 1 aromatic heterocycles. The number of ketones is 1. The van der Waals surface area contributed by atoms with Gasteiger partial charge in [-0.2, -0.15) is 0 Å². The predicted molar refractivity (Wildman–Crippen MR) is 137 cm³/mol. The summed E-state index contributed by atoms with van der Waals surface area (Å²) in [5.74, 6) is 0.372. The molecule has 0 fully saturated rings. The molecule has 0 N–H and O–H groups in total. The van der Waals surface area contributed by atoms with E-state index in [4.69, 9.17) is 0 Å². The van der Waals surface area contributed by atoms with E-state index in [1.54, 1.807) is 19.0 Å². The lowest BCUT2D eigenvalue weighted by Crippen LogP contribution is -2.27. The molecule has 0 saturated heterocycles. The van der Waals surface area contributed by atoms with E-state index in [1.165, 1.54) is 20.9 Å². The molecule has 0 radical (unpaired) electrons. The molecular formula is C28H41NO2S. The first-order valence-electron chi connectivity index (χ1n) is 11.7. The molecule has 4 heteroatoms. The van der Waals surface area contributed by atoms with E-state index in [0.29, 0.717) is 5.78 Å². The van der Waals surface area contributed by atoms with Crippen molar-refractivity contribution in [1.29, 1.82) is 0 Å². The number of Topliss-reactive ketones (excluding diaryl/α,β-unsaturated/α-hetero) is 1.